The van der Waals surface area contributed by atoms with Crippen LogP contribution in [0.5, 0.6) is 0 Å². The molecule has 164 valence electrons. The summed E-state index contributed by atoms with van der Waals surface area (Å²) in [4.78, 5) is 16.8. The van der Waals surface area contributed by atoms with Crippen molar-refractivity contribution in [2.75, 3.05) is 13.2 Å². The van der Waals surface area contributed by atoms with Crippen molar-refractivity contribution in [2.45, 2.75) is 19.3 Å². The van der Waals surface area contributed by atoms with Crippen LogP contribution in [0.25, 0.3) is 28.1 Å². The zero-order valence-electron chi connectivity index (χ0n) is 18.6. The highest BCUT2D eigenvalue weighted by Crippen LogP contribution is 2.44. The number of benzene rings is 3. The Hall–Kier alpha value is -3.92. The molecular formula is C29H26N2O2. The molecule has 1 aromatic heterocycles. The summed E-state index contributed by atoms with van der Waals surface area (Å²) in [6, 6.07) is 24.9. The van der Waals surface area contributed by atoms with Crippen molar-refractivity contribution >= 4 is 23.1 Å². The number of fused-ring (bicyclic) bond motifs is 4. The van der Waals surface area contributed by atoms with Crippen LogP contribution < -0.4 is 5.32 Å². The highest BCUT2D eigenvalue weighted by Gasteiger charge is 2.28. The number of hydrogen-bond acceptors (Lipinski definition) is 3. The molecule has 5 rings (SSSR count). The van der Waals surface area contributed by atoms with Gasteiger partial charge in [-0.3, -0.25) is 4.98 Å². The minimum atomic E-state index is -0.378. The Morgan fingerprint density at radius 1 is 0.970 bits per heavy atom. The standard InChI is InChI=1S/C29H26N2O2/c1-20-21(15-16-22-10-8-18-30-28(20)22)9-6-7-17-31-29(32)33-19-27-25-13-4-2-11-23(25)24-12-3-5-14-26(24)27/h2-6,8-16,18,27H,7,17,19H2,1H3,(H,31,32). The molecule has 0 bridgehead atoms. The largest absolute Gasteiger partial charge is 0.449 e. The molecule has 0 fully saturated rings. The lowest BCUT2D eigenvalue weighted by atomic mass is 9.98. The first kappa shape index (κ1) is 21.0. The van der Waals surface area contributed by atoms with Crippen LogP contribution in [0.2, 0.25) is 0 Å². The quantitative estimate of drug-likeness (QED) is 0.353. The molecule has 33 heavy (non-hydrogen) atoms. The van der Waals surface area contributed by atoms with Crippen LogP contribution in [0.3, 0.4) is 0 Å². The topological polar surface area (TPSA) is 51.2 Å². The Balaban J connectivity index is 1.14. The van der Waals surface area contributed by atoms with Crippen LogP contribution in [0.4, 0.5) is 4.79 Å². The molecule has 4 aromatic rings. The predicted molar refractivity (Wildman–Crippen MR) is 133 cm³/mol. The van der Waals surface area contributed by atoms with Crippen molar-refractivity contribution < 1.29 is 9.53 Å². The Morgan fingerprint density at radius 3 is 2.45 bits per heavy atom. The van der Waals surface area contributed by atoms with Gasteiger partial charge in [0.1, 0.15) is 6.61 Å². The van der Waals surface area contributed by atoms with Crippen molar-refractivity contribution in [3.05, 3.63) is 107 Å². The summed E-state index contributed by atoms with van der Waals surface area (Å²) in [5.41, 5.74) is 8.22. The third-order valence-electron chi connectivity index (χ3n) is 6.29. The van der Waals surface area contributed by atoms with E-state index in [9.17, 15) is 4.79 Å². The molecular weight excluding hydrogens is 408 g/mol. The van der Waals surface area contributed by atoms with Gasteiger partial charge in [-0.1, -0.05) is 78.9 Å². The van der Waals surface area contributed by atoms with Crippen molar-refractivity contribution in [3.8, 4) is 11.1 Å². The van der Waals surface area contributed by atoms with E-state index in [0.717, 1.165) is 28.5 Å². The molecule has 0 radical (unpaired) electrons. The van der Waals surface area contributed by atoms with E-state index in [-0.39, 0.29) is 12.0 Å². The van der Waals surface area contributed by atoms with E-state index in [0.29, 0.717) is 13.2 Å². The number of nitrogens with one attached hydrogen (secondary N) is 1. The highest BCUT2D eigenvalue weighted by atomic mass is 16.5. The number of nitrogens with zero attached hydrogens (tertiary/aromatic N) is 1. The van der Waals surface area contributed by atoms with Gasteiger partial charge in [-0.2, -0.15) is 0 Å². The van der Waals surface area contributed by atoms with Gasteiger partial charge in [-0.15, -0.1) is 0 Å². The summed E-state index contributed by atoms with van der Waals surface area (Å²) in [5.74, 6) is 0.0764. The van der Waals surface area contributed by atoms with Gasteiger partial charge < -0.3 is 10.1 Å². The number of aromatic nitrogens is 1. The summed E-state index contributed by atoms with van der Waals surface area (Å²) in [7, 11) is 0. The molecule has 1 N–H and O–H groups in total. The summed E-state index contributed by atoms with van der Waals surface area (Å²) in [6.07, 6.45) is 6.32. The van der Waals surface area contributed by atoms with Crippen LogP contribution in [0, 0.1) is 6.92 Å². The van der Waals surface area contributed by atoms with Gasteiger partial charge in [0.05, 0.1) is 5.52 Å². The van der Waals surface area contributed by atoms with Gasteiger partial charge in [-0.25, -0.2) is 4.79 Å². The molecule has 1 aliphatic rings. The summed E-state index contributed by atoms with van der Waals surface area (Å²) >= 11 is 0. The fourth-order valence-corrected chi connectivity index (χ4v) is 4.60. The van der Waals surface area contributed by atoms with E-state index in [1.165, 1.54) is 22.3 Å². The summed E-state index contributed by atoms with van der Waals surface area (Å²) in [6.45, 7) is 2.95. The van der Waals surface area contributed by atoms with Crippen LogP contribution in [-0.4, -0.2) is 24.2 Å². The number of alkyl carbamates (subject to hydrolysis) is 1. The third kappa shape index (κ3) is 4.24. The fraction of sp³-hybridized carbons (Fsp3) is 0.172. The van der Waals surface area contributed by atoms with E-state index in [1.54, 1.807) is 0 Å². The number of carbonyl (C=O) groups is 1. The second-order valence-electron chi connectivity index (χ2n) is 8.30. The first-order valence-electron chi connectivity index (χ1n) is 11.3. The number of ether oxygens (including phenoxy) is 1. The molecule has 1 aliphatic carbocycles. The summed E-state index contributed by atoms with van der Waals surface area (Å²) in [5, 5.41) is 4.00. The van der Waals surface area contributed by atoms with Crippen molar-refractivity contribution in [1.29, 1.82) is 0 Å². The summed E-state index contributed by atoms with van der Waals surface area (Å²) < 4.78 is 5.59. The van der Waals surface area contributed by atoms with Crippen LogP contribution >= 0.6 is 0 Å². The smallest absolute Gasteiger partial charge is 0.407 e. The Kier molecular flexibility index (Phi) is 5.90. The number of hydrogen-bond donors (Lipinski definition) is 1. The van der Waals surface area contributed by atoms with E-state index in [4.69, 9.17) is 4.74 Å². The Morgan fingerprint density at radius 2 is 1.70 bits per heavy atom. The molecule has 1 amide bonds. The maximum Gasteiger partial charge on any atom is 0.407 e. The molecule has 1 heterocycles. The molecule has 0 aliphatic heterocycles. The van der Waals surface area contributed by atoms with E-state index in [2.05, 4.69) is 84.0 Å². The van der Waals surface area contributed by atoms with Crippen molar-refractivity contribution in [3.63, 3.8) is 0 Å². The first-order chi connectivity index (χ1) is 16.2. The lowest BCUT2D eigenvalue weighted by molar-refractivity contribution is 0.143. The molecule has 0 unspecified atom stereocenters. The molecule has 0 spiro atoms. The van der Waals surface area contributed by atoms with Crippen molar-refractivity contribution in [1.82, 2.24) is 10.3 Å². The van der Waals surface area contributed by atoms with Gasteiger partial charge in [0, 0.05) is 24.0 Å². The number of carbonyl (C=O) groups excluding carboxylic acids is 1. The number of amides is 1. The predicted octanol–water partition coefficient (Wildman–Crippen LogP) is 6.49. The van der Waals surface area contributed by atoms with E-state index >= 15 is 0 Å². The second-order valence-corrected chi connectivity index (χ2v) is 8.30. The van der Waals surface area contributed by atoms with Crippen molar-refractivity contribution in [2.24, 2.45) is 0 Å². The lowest BCUT2D eigenvalue weighted by Gasteiger charge is -2.14. The highest BCUT2D eigenvalue weighted by molar-refractivity contribution is 5.85. The molecule has 4 heteroatoms. The fourth-order valence-electron chi connectivity index (χ4n) is 4.60. The van der Waals surface area contributed by atoms with Crippen LogP contribution in [0.15, 0.2) is 85.1 Å². The van der Waals surface area contributed by atoms with Gasteiger partial charge in [-0.05, 0) is 52.8 Å². The normalized spacial score (nSPS) is 12.6. The number of rotatable bonds is 6. The van der Waals surface area contributed by atoms with Gasteiger partial charge in [0.25, 0.3) is 0 Å². The zero-order valence-corrected chi connectivity index (χ0v) is 18.6. The Bertz CT molecular complexity index is 1300. The average molecular weight is 435 g/mol. The maximum atomic E-state index is 12.3. The Labute approximate surface area is 193 Å². The zero-order chi connectivity index (χ0) is 22.6. The SMILES string of the molecule is Cc1c(C=CCCNC(=O)OCC2c3ccccc3-c3ccccc32)ccc2cccnc12. The third-order valence-corrected chi connectivity index (χ3v) is 6.29. The second kappa shape index (κ2) is 9.29. The van der Waals surface area contributed by atoms with E-state index < -0.39 is 0 Å². The number of pyridine rings is 1. The molecule has 0 atom stereocenters. The monoisotopic (exact) mass is 434 g/mol. The van der Waals surface area contributed by atoms with Gasteiger partial charge in [0.15, 0.2) is 0 Å². The molecule has 4 nitrogen and oxygen atoms in total. The minimum Gasteiger partial charge on any atom is -0.449 e. The van der Waals surface area contributed by atoms with Gasteiger partial charge in [0.2, 0.25) is 0 Å². The van der Waals surface area contributed by atoms with E-state index in [1.807, 2.05) is 24.4 Å². The maximum absolute atomic E-state index is 12.3. The molecule has 0 saturated carbocycles. The molecule has 3 aromatic carbocycles. The van der Waals surface area contributed by atoms with Crippen LogP contribution in [-0.2, 0) is 4.74 Å². The lowest BCUT2D eigenvalue weighted by Crippen LogP contribution is -2.26. The average Bonchev–Trinajstić information content (AvgIpc) is 3.18. The first-order valence-corrected chi connectivity index (χ1v) is 11.3. The van der Waals surface area contributed by atoms with Gasteiger partial charge >= 0.3 is 6.09 Å². The van der Waals surface area contributed by atoms with Crippen LogP contribution in [0.1, 0.15) is 34.6 Å². The number of aryl methyl sites for hydroxylation is 1. The minimum absolute atomic E-state index is 0.0764. The molecule has 0 saturated heterocycles.